The number of allylic oxidation sites excluding steroid dienone is 4. The smallest absolute Gasteiger partial charge is 0.0296 e. The molecule has 0 N–H and O–H groups in total. The monoisotopic (exact) mass is 203 g/mol. The van der Waals surface area contributed by atoms with Crippen LogP contribution >= 0.6 is 0 Å². The van der Waals surface area contributed by atoms with Gasteiger partial charge < -0.3 is 0 Å². The Hall–Kier alpha value is -1.37. The lowest BCUT2D eigenvalue weighted by Gasteiger charge is -2.00. The second-order valence-corrected chi connectivity index (χ2v) is 3.34. The summed E-state index contributed by atoms with van der Waals surface area (Å²) in [6, 6.07) is 0. The zero-order valence-electron chi connectivity index (χ0n) is 9.65. The van der Waals surface area contributed by atoms with E-state index in [4.69, 9.17) is 0 Å². The summed E-state index contributed by atoms with van der Waals surface area (Å²) in [5.41, 5.74) is 1.14. The summed E-state index contributed by atoms with van der Waals surface area (Å²) in [5, 5.41) is 0. The predicted molar refractivity (Wildman–Crippen MR) is 70.2 cm³/mol. The minimum Gasteiger partial charge on any atom is -0.268 e. The molecule has 0 heterocycles. The molecule has 15 heavy (non-hydrogen) atoms. The van der Waals surface area contributed by atoms with E-state index in [0.29, 0.717) is 5.92 Å². The highest BCUT2D eigenvalue weighted by atomic mass is 14.7. The van der Waals surface area contributed by atoms with Gasteiger partial charge in [-0.25, -0.2) is 0 Å². The van der Waals surface area contributed by atoms with E-state index in [1.807, 2.05) is 30.6 Å². The lowest BCUT2D eigenvalue weighted by atomic mass is 10.1. The largest absolute Gasteiger partial charge is 0.268 e. The quantitative estimate of drug-likeness (QED) is 0.317. The second kappa shape index (κ2) is 9.20. The van der Waals surface area contributed by atoms with Crippen molar-refractivity contribution in [2.45, 2.75) is 26.2 Å². The molecule has 0 rings (SSSR count). The number of hydrogen-bond acceptors (Lipinski definition) is 1. The third kappa shape index (κ3) is 6.67. The van der Waals surface area contributed by atoms with Gasteiger partial charge in [-0.1, -0.05) is 31.7 Å². The van der Waals surface area contributed by atoms with Crippen LogP contribution < -0.4 is 0 Å². The first-order valence-electron chi connectivity index (χ1n) is 5.36. The molecule has 0 aliphatic rings. The fourth-order valence-corrected chi connectivity index (χ4v) is 1.07. The van der Waals surface area contributed by atoms with Crippen LogP contribution in [0.1, 0.15) is 26.2 Å². The molecule has 0 aliphatic heterocycles. The highest BCUT2D eigenvalue weighted by molar-refractivity contribution is 5.63. The summed E-state index contributed by atoms with van der Waals surface area (Å²) in [6.07, 6.45) is 12.4. The van der Waals surface area contributed by atoms with E-state index < -0.39 is 0 Å². The maximum absolute atomic E-state index is 4.27. The van der Waals surface area contributed by atoms with Crippen molar-refractivity contribution >= 4 is 6.21 Å². The molecular weight excluding hydrogens is 182 g/mol. The van der Waals surface area contributed by atoms with Crippen LogP contribution in [-0.4, -0.2) is 6.21 Å². The Labute approximate surface area is 93.6 Å². The van der Waals surface area contributed by atoms with Crippen LogP contribution in [0.25, 0.3) is 0 Å². The zero-order chi connectivity index (χ0) is 11.5. The van der Waals surface area contributed by atoms with Crippen molar-refractivity contribution in [1.82, 2.24) is 0 Å². The first-order chi connectivity index (χ1) is 7.28. The SMILES string of the molecule is C=CCC/C(C=C)=C\N=C/C(C=C)CC. The fraction of sp³-hybridized carbons (Fsp3) is 0.357. The van der Waals surface area contributed by atoms with E-state index in [1.165, 1.54) is 0 Å². The molecule has 0 spiro atoms. The standard InChI is InChI=1S/C14H21N/c1-5-9-10-14(8-4)12-15-11-13(6-2)7-3/h5-6,8,11-13H,1-2,4,7,9-10H2,3H3/b14-12-,15-11-. The normalized spacial score (nSPS) is 13.8. The molecule has 0 fully saturated rings. The third-order valence-corrected chi connectivity index (χ3v) is 2.19. The first-order valence-corrected chi connectivity index (χ1v) is 5.36. The van der Waals surface area contributed by atoms with Gasteiger partial charge in [0.1, 0.15) is 0 Å². The topological polar surface area (TPSA) is 12.4 Å². The molecule has 0 saturated heterocycles. The molecule has 1 nitrogen and oxygen atoms in total. The summed E-state index contributed by atoms with van der Waals surface area (Å²) in [7, 11) is 0. The maximum atomic E-state index is 4.27. The van der Waals surface area contributed by atoms with E-state index in [9.17, 15) is 0 Å². The van der Waals surface area contributed by atoms with Crippen LogP contribution in [0.15, 0.2) is 54.7 Å². The number of hydrogen-bond donors (Lipinski definition) is 0. The highest BCUT2D eigenvalue weighted by Crippen LogP contribution is 2.07. The lowest BCUT2D eigenvalue weighted by molar-refractivity contribution is 0.833. The highest BCUT2D eigenvalue weighted by Gasteiger charge is 1.93. The summed E-state index contributed by atoms with van der Waals surface area (Å²) >= 11 is 0. The molecule has 0 amide bonds. The molecule has 0 radical (unpaired) electrons. The molecule has 0 bridgehead atoms. The Morgan fingerprint density at radius 3 is 2.53 bits per heavy atom. The Balaban J connectivity index is 4.24. The minimum absolute atomic E-state index is 0.367. The van der Waals surface area contributed by atoms with Crippen LogP contribution in [0.4, 0.5) is 0 Å². The predicted octanol–water partition coefficient (Wildman–Crippen LogP) is 4.31. The van der Waals surface area contributed by atoms with Crippen molar-refractivity contribution in [1.29, 1.82) is 0 Å². The Kier molecular flexibility index (Phi) is 8.36. The molecule has 0 aromatic carbocycles. The molecule has 0 aliphatic carbocycles. The van der Waals surface area contributed by atoms with Gasteiger partial charge in [0.15, 0.2) is 0 Å². The third-order valence-electron chi connectivity index (χ3n) is 2.19. The molecule has 1 unspecified atom stereocenters. The number of nitrogens with zero attached hydrogens (tertiary/aromatic N) is 1. The number of rotatable bonds is 8. The van der Waals surface area contributed by atoms with Crippen LogP contribution in [0.3, 0.4) is 0 Å². The van der Waals surface area contributed by atoms with Crippen LogP contribution in [-0.2, 0) is 0 Å². The number of aliphatic imine (C=N–C) groups is 1. The Bertz CT molecular complexity index is 259. The van der Waals surface area contributed by atoms with Gasteiger partial charge >= 0.3 is 0 Å². The molecular formula is C14H21N. The second-order valence-electron chi connectivity index (χ2n) is 3.34. The van der Waals surface area contributed by atoms with E-state index in [2.05, 4.69) is 31.7 Å². The van der Waals surface area contributed by atoms with Crippen LogP contribution in [0, 0.1) is 5.92 Å². The fourth-order valence-electron chi connectivity index (χ4n) is 1.07. The van der Waals surface area contributed by atoms with Gasteiger partial charge in [-0.15, -0.1) is 13.2 Å². The minimum atomic E-state index is 0.367. The van der Waals surface area contributed by atoms with Gasteiger partial charge in [-0.05, 0) is 24.8 Å². The van der Waals surface area contributed by atoms with Crippen molar-refractivity contribution in [3.8, 4) is 0 Å². The van der Waals surface area contributed by atoms with Gasteiger partial charge in [-0.3, -0.25) is 4.99 Å². The van der Waals surface area contributed by atoms with Crippen molar-refractivity contribution in [2.75, 3.05) is 0 Å². The van der Waals surface area contributed by atoms with Crippen LogP contribution in [0.2, 0.25) is 0 Å². The average Bonchev–Trinajstić information content (AvgIpc) is 2.28. The molecule has 0 aromatic rings. The summed E-state index contributed by atoms with van der Waals surface area (Å²) < 4.78 is 0. The van der Waals surface area contributed by atoms with Gasteiger partial charge in [0.05, 0.1) is 0 Å². The zero-order valence-corrected chi connectivity index (χ0v) is 9.65. The molecule has 1 heteroatoms. The summed E-state index contributed by atoms with van der Waals surface area (Å²) in [6.45, 7) is 13.3. The Morgan fingerprint density at radius 1 is 1.33 bits per heavy atom. The van der Waals surface area contributed by atoms with Gasteiger partial charge in [0, 0.05) is 18.3 Å². The summed E-state index contributed by atoms with van der Waals surface area (Å²) in [4.78, 5) is 4.27. The van der Waals surface area contributed by atoms with Crippen molar-refractivity contribution in [3.05, 3.63) is 49.7 Å². The maximum Gasteiger partial charge on any atom is 0.0296 e. The van der Waals surface area contributed by atoms with Gasteiger partial charge in [-0.2, -0.15) is 0 Å². The van der Waals surface area contributed by atoms with Crippen molar-refractivity contribution in [2.24, 2.45) is 10.9 Å². The average molecular weight is 203 g/mol. The van der Waals surface area contributed by atoms with E-state index in [0.717, 1.165) is 24.8 Å². The van der Waals surface area contributed by atoms with Crippen LogP contribution in [0.5, 0.6) is 0 Å². The van der Waals surface area contributed by atoms with Crippen molar-refractivity contribution in [3.63, 3.8) is 0 Å². The molecule has 0 saturated carbocycles. The lowest BCUT2D eigenvalue weighted by Crippen LogP contribution is -1.93. The molecule has 82 valence electrons. The molecule has 1 atom stereocenters. The van der Waals surface area contributed by atoms with E-state index >= 15 is 0 Å². The van der Waals surface area contributed by atoms with Crippen molar-refractivity contribution < 1.29 is 0 Å². The van der Waals surface area contributed by atoms with Gasteiger partial charge in [0.25, 0.3) is 0 Å². The van der Waals surface area contributed by atoms with Gasteiger partial charge in [0.2, 0.25) is 0 Å². The van der Waals surface area contributed by atoms with E-state index in [1.54, 1.807) is 0 Å². The Morgan fingerprint density at radius 2 is 2.07 bits per heavy atom. The first kappa shape index (κ1) is 13.6. The van der Waals surface area contributed by atoms with E-state index in [-0.39, 0.29) is 0 Å². The molecule has 0 aromatic heterocycles. The summed E-state index contributed by atoms with van der Waals surface area (Å²) in [5.74, 6) is 0.367.